The summed E-state index contributed by atoms with van der Waals surface area (Å²) in [5.41, 5.74) is 2.09. The summed E-state index contributed by atoms with van der Waals surface area (Å²) in [5.74, 6) is -0.207. The van der Waals surface area contributed by atoms with Crippen LogP contribution >= 0.6 is 11.6 Å². The average molecular weight is 304 g/mol. The third-order valence-corrected chi connectivity index (χ3v) is 3.54. The number of pyridine rings is 1. The number of carbonyl (C=O) groups excluding carboxylic acids is 2. The zero-order chi connectivity index (χ0) is 15.4. The van der Waals surface area contributed by atoms with Gasteiger partial charge in [0.1, 0.15) is 0 Å². The van der Waals surface area contributed by atoms with Gasteiger partial charge in [0.2, 0.25) is 6.54 Å². The molecule has 108 valence electrons. The predicted octanol–water partition coefficient (Wildman–Crippen LogP) is 2.78. The lowest BCUT2D eigenvalue weighted by atomic mass is 10.2. The van der Waals surface area contributed by atoms with E-state index in [1.54, 1.807) is 47.3 Å². The molecule has 0 fully saturated rings. The van der Waals surface area contributed by atoms with Gasteiger partial charge in [-0.2, -0.15) is 4.57 Å². The van der Waals surface area contributed by atoms with E-state index in [1.807, 2.05) is 6.92 Å². The summed E-state index contributed by atoms with van der Waals surface area (Å²) in [6, 6.07) is 8.83. The molecule has 0 atom stereocenters. The van der Waals surface area contributed by atoms with Crippen molar-refractivity contribution in [2.24, 2.45) is 0 Å². The van der Waals surface area contributed by atoms with Gasteiger partial charge in [0.05, 0.1) is 5.56 Å². The Morgan fingerprint density at radius 2 is 2.00 bits per heavy atom. The van der Waals surface area contributed by atoms with Crippen LogP contribution in [-0.2, 0) is 11.3 Å². The lowest BCUT2D eigenvalue weighted by molar-refractivity contribution is -0.684. The van der Waals surface area contributed by atoms with E-state index in [2.05, 4.69) is 5.32 Å². The van der Waals surface area contributed by atoms with E-state index in [9.17, 15) is 9.59 Å². The highest BCUT2D eigenvalue weighted by Gasteiger charge is 2.13. The molecule has 0 aliphatic heterocycles. The number of nitrogens with zero attached hydrogens (tertiary/aromatic N) is 1. The van der Waals surface area contributed by atoms with Gasteiger partial charge in [0.25, 0.3) is 5.91 Å². The van der Waals surface area contributed by atoms with Crippen molar-refractivity contribution < 1.29 is 14.2 Å². The van der Waals surface area contributed by atoms with Crippen molar-refractivity contribution in [3.63, 3.8) is 0 Å². The minimum Gasteiger partial charge on any atom is -0.320 e. The molecule has 0 radical (unpaired) electrons. The number of aromatic nitrogens is 1. The fourth-order valence-electron chi connectivity index (χ4n) is 1.93. The van der Waals surface area contributed by atoms with E-state index in [-0.39, 0.29) is 18.2 Å². The number of carbonyl (C=O) groups is 2. The second-order valence-corrected chi connectivity index (χ2v) is 5.19. The van der Waals surface area contributed by atoms with Crippen LogP contribution in [0, 0.1) is 6.92 Å². The second-order valence-electron chi connectivity index (χ2n) is 4.78. The lowest BCUT2D eigenvalue weighted by Crippen LogP contribution is -2.40. The number of ketones is 1. The molecular weight excluding hydrogens is 288 g/mol. The number of Topliss-reactive ketones (excluding diaryl/α,β-unsaturated/α-hetero) is 1. The maximum absolute atomic E-state index is 12.1. The van der Waals surface area contributed by atoms with Crippen LogP contribution < -0.4 is 9.88 Å². The largest absolute Gasteiger partial charge is 0.320 e. The van der Waals surface area contributed by atoms with Crippen LogP contribution in [0.15, 0.2) is 42.7 Å². The summed E-state index contributed by atoms with van der Waals surface area (Å²) in [6.45, 7) is 3.48. The Hall–Kier alpha value is -2.20. The summed E-state index contributed by atoms with van der Waals surface area (Å²) in [6.07, 6.45) is 3.41. The standard InChI is InChI=1S/C16H15ClN2O2/c1-11-14(17)6-3-7-15(11)18-16(21)10-19-8-4-5-13(9-19)12(2)20/h3-9H,10H2,1-2H3/p+1. The quantitative estimate of drug-likeness (QED) is 0.697. The summed E-state index contributed by atoms with van der Waals surface area (Å²) in [4.78, 5) is 23.4. The van der Waals surface area contributed by atoms with E-state index in [0.29, 0.717) is 16.3 Å². The Bertz CT molecular complexity index is 698. The molecule has 0 saturated carbocycles. The minimum absolute atomic E-state index is 0.0320. The molecular formula is C16H16ClN2O2+. The van der Waals surface area contributed by atoms with E-state index >= 15 is 0 Å². The van der Waals surface area contributed by atoms with Crippen LogP contribution in [0.1, 0.15) is 22.8 Å². The fraction of sp³-hybridized carbons (Fsp3) is 0.188. The Balaban J connectivity index is 2.10. The Labute approximate surface area is 128 Å². The van der Waals surface area contributed by atoms with Gasteiger partial charge in [-0.25, -0.2) is 0 Å². The highest BCUT2D eigenvalue weighted by atomic mass is 35.5. The molecule has 2 rings (SSSR count). The lowest BCUT2D eigenvalue weighted by Gasteiger charge is -2.08. The molecule has 0 aliphatic carbocycles. The first-order valence-corrected chi connectivity index (χ1v) is 6.90. The van der Waals surface area contributed by atoms with Gasteiger partial charge in [-0.15, -0.1) is 0 Å². The van der Waals surface area contributed by atoms with Crippen LogP contribution in [0.3, 0.4) is 0 Å². The molecule has 0 bridgehead atoms. The van der Waals surface area contributed by atoms with E-state index in [1.165, 1.54) is 6.92 Å². The molecule has 4 nitrogen and oxygen atoms in total. The number of benzene rings is 1. The summed E-state index contributed by atoms with van der Waals surface area (Å²) < 4.78 is 1.67. The van der Waals surface area contributed by atoms with E-state index in [0.717, 1.165) is 5.56 Å². The molecule has 0 aliphatic rings. The maximum Gasteiger partial charge on any atom is 0.290 e. The highest BCUT2D eigenvalue weighted by Crippen LogP contribution is 2.22. The van der Waals surface area contributed by atoms with E-state index in [4.69, 9.17) is 11.6 Å². The smallest absolute Gasteiger partial charge is 0.290 e. The number of halogens is 1. The van der Waals surface area contributed by atoms with Crippen molar-refractivity contribution in [2.75, 3.05) is 5.32 Å². The van der Waals surface area contributed by atoms with Crippen LogP contribution in [0.2, 0.25) is 5.02 Å². The molecule has 0 saturated heterocycles. The Kier molecular flexibility index (Phi) is 4.70. The van der Waals surface area contributed by atoms with Gasteiger partial charge in [0.15, 0.2) is 18.2 Å². The number of hydrogen-bond donors (Lipinski definition) is 1. The number of amides is 1. The van der Waals surface area contributed by atoms with Crippen molar-refractivity contribution in [1.82, 2.24) is 0 Å². The van der Waals surface area contributed by atoms with Gasteiger partial charge in [0, 0.05) is 16.8 Å². The summed E-state index contributed by atoms with van der Waals surface area (Å²) >= 11 is 6.02. The van der Waals surface area contributed by atoms with Gasteiger partial charge in [-0.3, -0.25) is 9.59 Å². The first kappa shape index (κ1) is 15.2. The second kappa shape index (κ2) is 6.50. The Morgan fingerprint density at radius 1 is 1.24 bits per heavy atom. The summed E-state index contributed by atoms with van der Waals surface area (Å²) in [5, 5.41) is 3.43. The molecule has 1 aromatic carbocycles. The number of hydrogen-bond acceptors (Lipinski definition) is 2. The molecule has 5 heteroatoms. The monoisotopic (exact) mass is 303 g/mol. The zero-order valence-corrected chi connectivity index (χ0v) is 12.6. The fourth-order valence-corrected chi connectivity index (χ4v) is 2.10. The normalized spacial score (nSPS) is 10.2. The molecule has 1 amide bonds. The van der Waals surface area contributed by atoms with Crippen molar-refractivity contribution in [3.8, 4) is 0 Å². The molecule has 2 aromatic rings. The molecule has 1 N–H and O–H groups in total. The molecule has 0 spiro atoms. The third-order valence-electron chi connectivity index (χ3n) is 3.13. The van der Waals surface area contributed by atoms with Crippen LogP contribution in [-0.4, -0.2) is 11.7 Å². The number of rotatable bonds is 4. The Morgan fingerprint density at radius 3 is 2.71 bits per heavy atom. The topological polar surface area (TPSA) is 50.0 Å². The van der Waals surface area contributed by atoms with Crippen LogP contribution in [0.5, 0.6) is 0 Å². The van der Waals surface area contributed by atoms with E-state index < -0.39 is 0 Å². The van der Waals surface area contributed by atoms with Gasteiger partial charge >= 0.3 is 0 Å². The van der Waals surface area contributed by atoms with Crippen LogP contribution in [0.4, 0.5) is 5.69 Å². The van der Waals surface area contributed by atoms with Crippen molar-refractivity contribution in [3.05, 3.63) is 58.9 Å². The first-order valence-electron chi connectivity index (χ1n) is 6.52. The van der Waals surface area contributed by atoms with Gasteiger partial charge < -0.3 is 5.32 Å². The highest BCUT2D eigenvalue weighted by molar-refractivity contribution is 6.31. The minimum atomic E-state index is -0.175. The number of anilines is 1. The summed E-state index contributed by atoms with van der Waals surface area (Å²) in [7, 11) is 0. The van der Waals surface area contributed by atoms with Gasteiger partial charge in [-0.05, 0) is 37.6 Å². The first-order chi connectivity index (χ1) is 9.97. The molecule has 1 aromatic heterocycles. The molecule has 0 unspecified atom stereocenters. The maximum atomic E-state index is 12.1. The van der Waals surface area contributed by atoms with Crippen molar-refractivity contribution >= 4 is 29.0 Å². The predicted molar refractivity (Wildman–Crippen MR) is 81.5 cm³/mol. The SMILES string of the molecule is CC(=O)c1ccc[n+](CC(=O)Nc2cccc(Cl)c2C)c1. The number of nitrogens with one attached hydrogen (secondary N) is 1. The zero-order valence-electron chi connectivity index (χ0n) is 11.9. The van der Waals surface area contributed by atoms with Gasteiger partial charge in [-0.1, -0.05) is 17.7 Å². The molecule has 21 heavy (non-hydrogen) atoms. The van der Waals surface area contributed by atoms with Crippen LogP contribution in [0.25, 0.3) is 0 Å². The van der Waals surface area contributed by atoms with Crippen molar-refractivity contribution in [2.45, 2.75) is 20.4 Å². The molecule has 1 heterocycles. The average Bonchev–Trinajstić information content (AvgIpc) is 2.44. The van der Waals surface area contributed by atoms with Crippen molar-refractivity contribution in [1.29, 1.82) is 0 Å². The third kappa shape index (κ3) is 3.89.